The molecule has 1 aliphatic heterocycles. The van der Waals surface area contributed by atoms with Gasteiger partial charge in [-0.1, -0.05) is 48.5 Å². The molecule has 0 aliphatic carbocycles. The van der Waals surface area contributed by atoms with E-state index < -0.39 is 0 Å². The van der Waals surface area contributed by atoms with E-state index in [0.29, 0.717) is 29.3 Å². The van der Waals surface area contributed by atoms with E-state index in [0.717, 1.165) is 19.4 Å². The fraction of sp³-hybridized carbons (Fsp3) is 0.263. The summed E-state index contributed by atoms with van der Waals surface area (Å²) in [5, 5.41) is 6.28. The minimum absolute atomic E-state index is 0.129. The molecule has 0 saturated carbocycles. The van der Waals surface area contributed by atoms with Crippen molar-refractivity contribution < 1.29 is 9.59 Å². The number of benzene rings is 2. The van der Waals surface area contributed by atoms with Crippen LogP contribution < -0.4 is 10.6 Å². The second-order valence-corrected chi connectivity index (χ2v) is 5.74. The first-order chi connectivity index (χ1) is 11.3. The highest BCUT2D eigenvalue weighted by Gasteiger charge is 2.19. The molecule has 23 heavy (non-hydrogen) atoms. The normalized spacial score (nSPS) is 17.0. The lowest BCUT2D eigenvalue weighted by Gasteiger charge is -2.13. The van der Waals surface area contributed by atoms with Crippen LogP contribution in [0.15, 0.2) is 54.6 Å². The lowest BCUT2D eigenvalue weighted by atomic mass is 9.98. The fourth-order valence-electron chi connectivity index (χ4n) is 2.87. The molecule has 1 amide bonds. The largest absolute Gasteiger partial charge is 0.350 e. The Labute approximate surface area is 135 Å². The first-order valence-corrected chi connectivity index (χ1v) is 7.96. The molecule has 1 atom stereocenters. The molecule has 0 aromatic heterocycles. The molecule has 1 heterocycles. The summed E-state index contributed by atoms with van der Waals surface area (Å²) in [6, 6.07) is 16.3. The third-order valence-electron chi connectivity index (χ3n) is 4.12. The smallest absolute Gasteiger partial charge is 0.252 e. The number of nitrogens with one attached hydrogen (secondary N) is 2. The Kier molecular flexibility index (Phi) is 4.83. The van der Waals surface area contributed by atoms with Crippen LogP contribution >= 0.6 is 0 Å². The second kappa shape index (κ2) is 7.20. The van der Waals surface area contributed by atoms with Gasteiger partial charge >= 0.3 is 0 Å². The molecule has 2 aromatic rings. The molecule has 0 spiro atoms. The lowest BCUT2D eigenvalue weighted by molar-refractivity contribution is 0.0939. The van der Waals surface area contributed by atoms with Gasteiger partial charge in [0.1, 0.15) is 0 Å². The second-order valence-electron chi connectivity index (χ2n) is 5.74. The maximum atomic E-state index is 12.6. The third kappa shape index (κ3) is 3.66. The van der Waals surface area contributed by atoms with E-state index in [2.05, 4.69) is 10.6 Å². The Morgan fingerprint density at radius 3 is 2.39 bits per heavy atom. The number of hydrogen-bond donors (Lipinski definition) is 2. The standard InChI is InChI=1S/C19H20N2O2/c22-18(14-7-2-1-3-8-14)16-10-4-5-11-17(16)19(23)21-13-15-9-6-12-20-15/h1-5,7-8,10-11,15,20H,6,9,12-13H2,(H,21,23). The molecule has 0 radical (unpaired) electrons. The molecule has 0 bridgehead atoms. The Bertz CT molecular complexity index is 692. The van der Waals surface area contributed by atoms with Crippen LogP contribution in [0.4, 0.5) is 0 Å². The average Bonchev–Trinajstić information content (AvgIpc) is 3.13. The summed E-state index contributed by atoms with van der Waals surface area (Å²) >= 11 is 0. The van der Waals surface area contributed by atoms with Crippen molar-refractivity contribution >= 4 is 11.7 Å². The number of rotatable bonds is 5. The predicted molar refractivity (Wildman–Crippen MR) is 89.7 cm³/mol. The van der Waals surface area contributed by atoms with Gasteiger partial charge in [0.15, 0.2) is 5.78 Å². The van der Waals surface area contributed by atoms with Crippen molar-refractivity contribution in [2.75, 3.05) is 13.1 Å². The van der Waals surface area contributed by atoms with E-state index in [4.69, 9.17) is 0 Å². The minimum atomic E-state index is -0.196. The average molecular weight is 308 g/mol. The van der Waals surface area contributed by atoms with Crippen LogP contribution in [-0.4, -0.2) is 30.8 Å². The van der Waals surface area contributed by atoms with E-state index in [-0.39, 0.29) is 11.7 Å². The van der Waals surface area contributed by atoms with Crippen molar-refractivity contribution in [3.8, 4) is 0 Å². The molecule has 2 aromatic carbocycles. The van der Waals surface area contributed by atoms with Crippen LogP contribution in [0.3, 0.4) is 0 Å². The topological polar surface area (TPSA) is 58.2 Å². The van der Waals surface area contributed by atoms with E-state index in [1.165, 1.54) is 0 Å². The van der Waals surface area contributed by atoms with Crippen LogP contribution in [-0.2, 0) is 0 Å². The van der Waals surface area contributed by atoms with Crippen molar-refractivity contribution in [2.45, 2.75) is 18.9 Å². The molecule has 1 aliphatic rings. The Hall–Kier alpha value is -2.46. The summed E-state index contributed by atoms with van der Waals surface area (Å²) in [7, 11) is 0. The van der Waals surface area contributed by atoms with Gasteiger partial charge in [-0.25, -0.2) is 0 Å². The van der Waals surface area contributed by atoms with Crippen molar-refractivity contribution in [3.63, 3.8) is 0 Å². The van der Waals surface area contributed by atoms with Gasteiger partial charge in [0.25, 0.3) is 5.91 Å². The van der Waals surface area contributed by atoms with Gasteiger partial charge in [-0.3, -0.25) is 9.59 Å². The van der Waals surface area contributed by atoms with E-state index in [1.807, 2.05) is 18.2 Å². The number of hydrogen-bond acceptors (Lipinski definition) is 3. The van der Waals surface area contributed by atoms with E-state index in [9.17, 15) is 9.59 Å². The maximum Gasteiger partial charge on any atom is 0.252 e. The molecule has 4 heteroatoms. The maximum absolute atomic E-state index is 12.6. The predicted octanol–water partition coefficient (Wildman–Crippen LogP) is 2.40. The van der Waals surface area contributed by atoms with Crippen LogP contribution in [0, 0.1) is 0 Å². The van der Waals surface area contributed by atoms with Crippen LogP contribution in [0.2, 0.25) is 0 Å². The zero-order valence-corrected chi connectivity index (χ0v) is 12.9. The van der Waals surface area contributed by atoms with Crippen molar-refractivity contribution in [3.05, 3.63) is 71.3 Å². The number of carbonyl (C=O) groups is 2. The van der Waals surface area contributed by atoms with Crippen molar-refractivity contribution in [2.24, 2.45) is 0 Å². The number of amides is 1. The highest BCUT2D eigenvalue weighted by Crippen LogP contribution is 2.15. The molecule has 4 nitrogen and oxygen atoms in total. The molecule has 1 unspecified atom stereocenters. The fourth-order valence-corrected chi connectivity index (χ4v) is 2.87. The molecule has 118 valence electrons. The van der Waals surface area contributed by atoms with Gasteiger partial charge in [0.2, 0.25) is 0 Å². The Morgan fingerprint density at radius 2 is 1.70 bits per heavy atom. The van der Waals surface area contributed by atoms with Gasteiger partial charge in [-0.05, 0) is 25.5 Å². The first kappa shape index (κ1) is 15.4. The van der Waals surface area contributed by atoms with E-state index >= 15 is 0 Å². The monoisotopic (exact) mass is 308 g/mol. The zero-order chi connectivity index (χ0) is 16.1. The summed E-state index contributed by atoms with van der Waals surface area (Å²) in [6.07, 6.45) is 2.22. The summed E-state index contributed by atoms with van der Waals surface area (Å²) in [5.74, 6) is -0.325. The summed E-state index contributed by atoms with van der Waals surface area (Å²) in [4.78, 5) is 25.1. The van der Waals surface area contributed by atoms with Crippen LogP contribution in [0.5, 0.6) is 0 Å². The van der Waals surface area contributed by atoms with Gasteiger partial charge < -0.3 is 10.6 Å². The van der Waals surface area contributed by atoms with Crippen LogP contribution in [0.1, 0.15) is 39.1 Å². The van der Waals surface area contributed by atoms with Gasteiger partial charge in [-0.2, -0.15) is 0 Å². The van der Waals surface area contributed by atoms with Gasteiger partial charge in [0, 0.05) is 23.7 Å². The summed E-state index contributed by atoms with van der Waals surface area (Å²) in [5.41, 5.74) is 1.46. The third-order valence-corrected chi connectivity index (χ3v) is 4.12. The molecular formula is C19H20N2O2. The van der Waals surface area contributed by atoms with E-state index in [1.54, 1.807) is 36.4 Å². The van der Waals surface area contributed by atoms with Crippen molar-refractivity contribution in [1.82, 2.24) is 10.6 Å². The lowest BCUT2D eigenvalue weighted by Crippen LogP contribution is -2.37. The Balaban J connectivity index is 1.77. The van der Waals surface area contributed by atoms with Crippen LogP contribution in [0.25, 0.3) is 0 Å². The number of carbonyl (C=O) groups excluding carboxylic acids is 2. The zero-order valence-electron chi connectivity index (χ0n) is 12.9. The molecule has 3 rings (SSSR count). The van der Waals surface area contributed by atoms with Crippen molar-refractivity contribution in [1.29, 1.82) is 0 Å². The highest BCUT2D eigenvalue weighted by atomic mass is 16.2. The first-order valence-electron chi connectivity index (χ1n) is 7.96. The quantitative estimate of drug-likeness (QED) is 0.834. The summed E-state index contributed by atoms with van der Waals surface area (Å²) in [6.45, 7) is 1.59. The number of ketones is 1. The molecule has 1 saturated heterocycles. The Morgan fingerprint density at radius 1 is 1.00 bits per heavy atom. The molecular weight excluding hydrogens is 288 g/mol. The van der Waals surface area contributed by atoms with Gasteiger partial charge in [-0.15, -0.1) is 0 Å². The summed E-state index contributed by atoms with van der Waals surface area (Å²) < 4.78 is 0. The molecule has 1 fully saturated rings. The highest BCUT2D eigenvalue weighted by molar-refractivity contribution is 6.15. The SMILES string of the molecule is O=C(NCC1CCCN1)c1ccccc1C(=O)c1ccccc1. The van der Waals surface area contributed by atoms with Gasteiger partial charge in [0.05, 0.1) is 5.56 Å². The molecule has 2 N–H and O–H groups in total. The minimum Gasteiger partial charge on any atom is -0.350 e.